The van der Waals surface area contributed by atoms with E-state index in [1.54, 1.807) is 0 Å². The van der Waals surface area contributed by atoms with Gasteiger partial charge >= 0.3 is 0 Å². The van der Waals surface area contributed by atoms with Crippen molar-refractivity contribution >= 4 is 61.3 Å². The molecule has 3 aromatic rings. The summed E-state index contributed by atoms with van der Waals surface area (Å²) in [5.74, 6) is -0.115. The number of thioether (sulfide) groups is 1. The third-order valence-corrected chi connectivity index (χ3v) is 5.16. The Labute approximate surface area is 158 Å². The smallest absolute Gasteiger partial charge is 0.264 e. The summed E-state index contributed by atoms with van der Waals surface area (Å²) >= 11 is 4.84. The minimum atomic E-state index is -0.115. The summed E-state index contributed by atoms with van der Waals surface area (Å²) in [6.07, 6.45) is 1.90. The van der Waals surface area contributed by atoms with Gasteiger partial charge in [-0.1, -0.05) is 52.3 Å². The van der Waals surface area contributed by atoms with Gasteiger partial charge in [0.2, 0.25) is 0 Å². The lowest BCUT2D eigenvalue weighted by Gasteiger charge is -2.01. The molecule has 0 spiro atoms. The van der Waals surface area contributed by atoms with E-state index >= 15 is 0 Å². The van der Waals surface area contributed by atoms with Crippen LogP contribution in [0.5, 0.6) is 0 Å². The molecule has 1 amide bonds. The van der Waals surface area contributed by atoms with Crippen LogP contribution in [0.4, 0.5) is 5.69 Å². The Bertz CT molecular complexity index is 1030. The molecule has 0 unspecified atom stereocenters. The molecule has 4 rings (SSSR count). The lowest BCUT2D eigenvalue weighted by atomic mass is 10.1. The third-order valence-electron chi connectivity index (χ3n) is 3.76. The molecule has 0 saturated carbocycles. The molecule has 1 saturated heterocycles. The van der Waals surface area contributed by atoms with Crippen molar-refractivity contribution < 1.29 is 4.79 Å². The maximum Gasteiger partial charge on any atom is 0.264 e. The number of halogens is 1. The molecule has 1 aliphatic rings. The first-order valence-corrected chi connectivity index (χ1v) is 9.32. The van der Waals surface area contributed by atoms with Crippen LogP contribution in [0.3, 0.4) is 0 Å². The predicted octanol–water partition coefficient (Wildman–Crippen LogP) is 5.49. The normalized spacial score (nSPS) is 17.4. The van der Waals surface area contributed by atoms with Gasteiger partial charge in [0.15, 0.2) is 5.17 Å². The maximum absolute atomic E-state index is 12.2. The monoisotopic (exact) mass is 408 g/mol. The van der Waals surface area contributed by atoms with Crippen LogP contribution in [-0.2, 0) is 4.79 Å². The average Bonchev–Trinajstić information content (AvgIpc) is 2.95. The first-order valence-electron chi connectivity index (χ1n) is 7.71. The summed E-state index contributed by atoms with van der Waals surface area (Å²) < 4.78 is 1.05. The molecule has 0 bridgehead atoms. The molecule has 1 heterocycles. The molecule has 0 aromatic heterocycles. The summed E-state index contributed by atoms with van der Waals surface area (Å²) in [5, 5.41) is 5.72. The number of rotatable bonds is 2. The lowest BCUT2D eigenvalue weighted by Crippen LogP contribution is -2.19. The zero-order valence-electron chi connectivity index (χ0n) is 13.1. The number of fused-ring (bicyclic) bond motifs is 1. The van der Waals surface area contributed by atoms with E-state index in [1.165, 1.54) is 11.8 Å². The Kier molecular flexibility index (Phi) is 4.42. The quantitative estimate of drug-likeness (QED) is 0.569. The van der Waals surface area contributed by atoms with Crippen molar-refractivity contribution in [3.05, 3.63) is 81.7 Å². The van der Waals surface area contributed by atoms with E-state index in [-0.39, 0.29) is 5.91 Å². The Hall–Kier alpha value is -2.37. The van der Waals surface area contributed by atoms with Gasteiger partial charge in [-0.2, -0.15) is 0 Å². The van der Waals surface area contributed by atoms with Gasteiger partial charge in [0.05, 0.1) is 10.6 Å². The molecule has 5 heteroatoms. The molecule has 1 aliphatic heterocycles. The van der Waals surface area contributed by atoms with Gasteiger partial charge in [-0.05, 0) is 64.5 Å². The number of amides is 1. The highest BCUT2D eigenvalue weighted by Gasteiger charge is 2.23. The fourth-order valence-electron chi connectivity index (χ4n) is 2.58. The first-order chi connectivity index (χ1) is 12.2. The van der Waals surface area contributed by atoms with Crippen molar-refractivity contribution in [3.63, 3.8) is 0 Å². The average molecular weight is 409 g/mol. The van der Waals surface area contributed by atoms with Crippen LogP contribution in [0.2, 0.25) is 0 Å². The highest BCUT2D eigenvalue weighted by atomic mass is 79.9. The molecule has 0 aliphatic carbocycles. The zero-order valence-corrected chi connectivity index (χ0v) is 15.5. The number of para-hydroxylation sites is 1. The summed E-state index contributed by atoms with van der Waals surface area (Å²) in [7, 11) is 0. The van der Waals surface area contributed by atoms with Gasteiger partial charge < -0.3 is 5.32 Å². The highest BCUT2D eigenvalue weighted by molar-refractivity contribution is 9.10. The van der Waals surface area contributed by atoms with Gasteiger partial charge in [0.25, 0.3) is 5.91 Å². The number of hydrogen-bond donors (Lipinski definition) is 1. The highest BCUT2D eigenvalue weighted by Crippen LogP contribution is 2.29. The van der Waals surface area contributed by atoms with E-state index in [1.807, 2.05) is 48.5 Å². The van der Waals surface area contributed by atoms with E-state index in [4.69, 9.17) is 0 Å². The topological polar surface area (TPSA) is 41.5 Å². The van der Waals surface area contributed by atoms with Crippen molar-refractivity contribution in [1.82, 2.24) is 5.32 Å². The summed E-state index contributed by atoms with van der Waals surface area (Å²) in [6, 6.07) is 21.9. The summed E-state index contributed by atoms with van der Waals surface area (Å²) in [5.41, 5.74) is 1.82. The van der Waals surface area contributed by atoms with Crippen LogP contribution in [-0.4, -0.2) is 11.1 Å². The minimum absolute atomic E-state index is 0.115. The molecule has 3 nitrogen and oxygen atoms in total. The van der Waals surface area contributed by atoms with Crippen molar-refractivity contribution in [2.45, 2.75) is 0 Å². The minimum Gasteiger partial charge on any atom is -0.300 e. The maximum atomic E-state index is 12.2. The summed E-state index contributed by atoms with van der Waals surface area (Å²) in [6.45, 7) is 0. The van der Waals surface area contributed by atoms with Crippen LogP contribution < -0.4 is 5.32 Å². The molecule has 122 valence electrons. The van der Waals surface area contributed by atoms with Gasteiger partial charge in [-0.25, -0.2) is 4.99 Å². The fourth-order valence-corrected chi connectivity index (χ4v) is 3.80. The Morgan fingerprint density at radius 1 is 0.960 bits per heavy atom. The zero-order chi connectivity index (χ0) is 17.2. The molecular weight excluding hydrogens is 396 g/mol. The third kappa shape index (κ3) is 3.67. The van der Waals surface area contributed by atoms with Gasteiger partial charge in [0.1, 0.15) is 0 Å². The van der Waals surface area contributed by atoms with E-state index in [2.05, 4.69) is 50.5 Å². The van der Waals surface area contributed by atoms with E-state index in [0.717, 1.165) is 26.5 Å². The number of hydrogen-bond acceptors (Lipinski definition) is 3. The molecule has 25 heavy (non-hydrogen) atoms. The van der Waals surface area contributed by atoms with Crippen molar-refractivity contribution in [2.24, 2.45) is 4.99 Å². The number of aliphatic imine (C=N–C) groups is 1. The van der Waals surface area contributed by atoms with Gasteiger partial charge in [0, 0.05) is 4.47 Å². The fraction of sp³-hybridized carbons (Fsp3) is 0. The van der Waals surface area contributed by atoms with Crippen LogP contribution in [0, 0.1) is 0 Å². The lowest BCUT2D eigenvalue weighted by molar-refractivity contribution is -0.115. The standard InChI is InChI=1S/C20H13BrN2OS/c21-16-9-8-14-10-13(6-7-15(14)12-16)11-18-19(24)23-20(25-18)22-17-4-2-1-3-5-17/h1-12H,(H,22,23,24). The summed E-state index contributed by atoms with van der Waals surface area (Å²) in [4.78, 5) is 17.3. The predicted molar refractivity (Wildman–Crippen MR) is 109 cm³/mol. The van der Waals surface area contributed by atoms with Crippen molar-refractivity contribution in [3.8, 4) is 0 Å². The Morgan fingerprint density at radius 2 is 1.72 bits per heavy atom. The van der Waals surface area contributed by atoms with E-state index in [0.29, 0.717) is 10.1 Å². The van der Waals surface area contributed by atoms with Crippen molar-refractivity contribution in [1.29, 1.82) is 0 Å². The van der Waals surface area contributed by atoms with Crippen LogP contribution in [0.1, 0.15) is 5.56 Å². The largest absolute Gasteiger partial charge is 0.300 e. The second-order valence-electron chi connectivity index (χ2n) is 5.57. The van der Waals surface area contributed by atoms with Gasteiger partial charge in [-0.15, -0.1) is 0 Å². The van der Waals surface area contributed by atoms with Crippen molar-refractivity contribution in [2.75, 3.05) is 0 Å². The second kappa shape index (κ2) is 6.86. The number of benzene rings is 3. The van der Waals surface area contributed by atoms with Crippen LogP contribution in [0.15, 0.2) is 81.1 Å². The van der Waals surface area contributed by atoms with E-state index < -0.39 is 0 Å². The van der Waals surface area contributed by atoms with Crippen LogP contribution in [0.25, 0.3) is 16.8 Å². The second-order valence-corrected chi connectivity index (χ2v) is 7.51. The molecular formula is C20H13BrN2OS. The molecule has 1 fully saturated rings. The molecule has 0 atom stereocenters. The van der Waals surface area contributed by atoms with E-state index in [9.17, 15) is 4.79 Å². The number of amidine groups is 1. The SMILES string of the molecule is O=C1NC(=Nc2ccccc2)SC1=Cc1ccc2cc(Br)ccc2c1. The number of carbonyl (C=O) groups is 1. The molecule has 1 N–H and O–H groups in total. The Balaban J connectivity index is 1.62. The first kappa shape index (κ1) is 16.1. The Morgan fingerprint density at radius 3 is 2.56 bits per heavy atom. The number of nitrogens with zero attached hydrogens (tertiary/aromatic N) is 1. The molecule has 0 radical (unpaired) electrons. The number of nitrogens with one attached hydrogen (secondary N) is 1. The molecule has 3 aromatic carbocycles. The van der Waals surface area contributed by atoms with Gasteiger partial charge in [-0.3, -0.25) is 4.79 Å². The van der Waals surface area contributed by atoms with Crippen LogP contribution >= 0.6 is 27.7 Å². The number of carbonyl (C=O) groups excluding carboxylic acids is 1.